The predicted octanol–water partition coefficient (Wildman–Crippen LogP) is 5.60. The topological polar surface area (TPSA) is 61.4 Å². The molecule has 3 aromatic carbocycles. The average Bonchev–Trinajstić information content (AvgIpc) is 3.70. The Labute approximate surface area is 207 Å². The van der Waals surface area contributed by atoms with E-state index in [1.807, 2.05) is 66.7 Å². The molecule has 2 aliphatic rings. The highest BCUT2D eigenvalue weighted by atomic mass is 16.2. The highest BCUT2D eigenvalue weighted by molar-refractivity contribution is 6.02. The molecule has 35 heavy (non-hydrogen) atoms. The molecule has 1 heterocycles. The zero-order valence-corrected chi connectivity index (χ0v) is 20.2. The number of anilines is 2. The molecule has 0 bridgehead atoms. The summed E-state index contributed by atoms with van der Waals surface area (Å²) in [5, 5.41) is 6.14. The largest absolute Gasteiger partial charge is 0.371 e. The SMILES string of the molecule is CC1CCN(c2ccc(NC(=O)C3CC3c3ccccc3)cc2C(=O)NCc2ccccc2)CC1. The Morgan fingerprint density at radius 1 is 0.914 bits per heavy atom. The van der Waals surface area contributed by atoms with E-state index in [0.717, 1.165) is 43.6 Å². The lowest BCUT2D eigenvalue weighted by Gasteiger charge is -2.33. The van der Waals surface area contributed by atoms with Gasteiger partial charge in [0, 0.05) is 36.9 Å². The van der Waals surface area contributed by atoms with Crippen molar-refractivity contribution in [2.24, 2.45) is 11.8 Å². The van der Waals surface area contributed by atoms with Crippen LogP contribution in [0.25, 0.3) is 0 Å². The number of hydrogen-bond donors (Lipinski definition) is 2. The van der Waals surface area contributed by atoms with Crippen molar-refractivity contribution in [2.45, 2.75) is 38.6 Å². The number of carbonyl (C=O) groups excluding carboxylic acids is 2. The normalized spacial score (nSPS) is 19.7. The highest BCUT2D eigenvalue weighted by Crippen LogP contribution is 2.48. The molecule has 2 unspecified atom stereocenters. The Kier molecular flexibility index (Phi) is 6.84. The molecule has 0 aromatic heterocycles. The molecule has 5 heteroatoms. The maximum Gasteiger partial charge on any atom is 0.253 e. The number of nitrogens with one attached hydrogen (secondary N) is 2. The first-order valence-electron chi connectivity index (χ1n) is 12.7. The van der Waals surface area contributed by atoms with Crippen LogP contribution in [0, 0.1) is 11.8 Å². The molecule has 1 saturated heterocycles. The van der Waals surface area contributed by atoms with Gasteiger partial charge >= 0.3 is 0 Å². The second kappa shape index (κ2) is 10.3. The number of nitrogens with zero attached hydrogens (tertiary/aromatic N) is 1. The first-order valence-corrected chi connectivity index (χ1v) is 12.7. The van der Waals surface area contributed by atoms with Crippen LogP contribution >= 0.6 is 0 Å². The monoisotopic (exact) mass is 467 g/mol. The van der Waals surface area contributed by atoms with Crippen LogP contribution in [0.15, 0.2) is 78.9 Å². The lowest BCUT2D eigenvalue weighted by Crippen LogP contribution is -2.35. The van der Waals surface area contributed by atoms with Gasteiger partial charge < -0.3 is 15.5 Å². The van der Waals surface area contributed by atoms with Gasteiger partial charge in [-0.15, -0.1) is 0 Å². The molecule has 180 valence electrons. The molecule has 2 atom stereocenters. The van der Waals surface area contributed by atoms with Gasteiger partial charge in [0.25, 0.3) is 5.91 Å². The molecule has 0 spiro atoms. The van der Waals surface area contributed by atoms with Gasteiger partial charge in [-0.25, -0.2) is 0 Å². The summed E-state index contributed by atoms with van der Waals surface area (Å²) in [7, 11) is 0. The third kappa shape index (κ3) is 5.56. The van der Waals surface area contributed by atoms with Crippen molar-refractivity contribution in [1.82, 2.24) is 5.32 Å². The molecule has 3 aromatic rings. The van der Waals surface area contributed by atoms with Gasteiger partial charge in [-0.05, 0) is 60.4 Å². The van der Waals surface area contributed by atoms with Crippen molar-refractivity contribution in [3.8, 4) is 0 Å². The van der Waals surface area contributed by atoms with Gasteiger partial charge in [-0.1, -0.05) is 67.6 Å². The van der Waals surface area contributed by atoms with Crippen LogP contribution in [-0.4, -0.2) is 24.9 Å². The van der Waals surface area contributed by atoms with Gasteiger partial charge in [0.05, 0.1) is 5.56 Å². The fourth-order valence-electron chi connectivity index (χ4n) is 4.98. The Hall–Kier alpha value is -3.60. The maximum atomic E-state index is 13.3. The molecular weight excluding hydrogens is 434 g/mol. The van der Waals surface area contributed by atoms with Crippen LogP contribution in [0.4, 0.5) is 11.4 Å². The van der Waals surface area contributed by atoms with E-state index in [-0.39, 0.29) is 23.7 Å². The minimum absolute atomic E-state index is 0.0176. The van der Waals surface area contributed by atoms with Gasteiger partial charge in [0.1, 0.15) is 0 Å². The van der Waals surface area contributed by atoms with Crippen molar-refractivity contribution in [3.05, 3.63) is 95.6 Å². The summed E-state index contributed by atoms with van der Waals surface area (Å²) in [6.45, 7) is 4.62. The van der Waals surface area contributed by atoms with Crippen molar-refractivity contribution in [2.75, 3.05) is 23.3 Å². The van der Waals surface area contributed by atoms with Gasteiger partial charge in [0.15, 0.2) is 0 Å². The van der Waals surface area contributed by atoms with E-state index in [0.29, 0.717) is 23.7 Å². The lowest BCUT2D eigenvalue weighted by atomic mass is 9.97. The highest BCUT2D eigenvalue weighted by Gasteiger charge is 2.43. The van der Waals surface area contributed by atoms with E-state index in [2.05, 4.69) is 34.6 Å². The molecule has 1 aliphatic heterocycles. The van der Waals surface area contributed by atoms with Crippen LogP contribution < -0.4 is 15.5 Å². The van der Waals surface area contributed by atoms with E-state index in [1.165, 1.54) is 5.56 Å². The fourth-order valence-corrected chi connectivity index (χ4v) is 4.98. The zero-order chi connectivity index (χ0) is 24.2. The molecule has 1 aliphatic carbocycles. The van der Waals surface area contributed by atoms with Crippen LogP contribution in [0.2, 0.25) is 0 Å². The third-order valence-electron chi connectivity index (χ3n) is 7.28. The van der Waals surface area contributed by atoms with Crippen molar-refractivity contribution < 1.29 is 9.59 Å². The Morgan fingerprint density at radius 3 is 2.31 bits per heavy atom. The van der Waals surface area contributed by atoms with Crippen molar-refractivity contribution >= 4 is 23.2 Å². The first-order chi connectivity index (χ1) is 17.1. The standard InChI is InChI=1S/C30H33N3O2/c1-21-14-16-33(17-15-21)28-13-12-24(18-27(28)29(34)31-20-22-8-4-2-5-9-22)32-30(35)26-19-25(26)23-10-6-3-7-11-23/h2-13,18,21,25-26H,14-17,19-20H2,1H3,(H,31,34)(H,32,35). The predicted molar refractivity (Wildman–Crippen MR) is 141 cm³/mol. The second-order valence-electron chi connectivity index (χ2n) is 9.92. The van der Waals surface area contributed by atoms with Gasteiger partial charge in [-0.2, -0.15) is 0 Å². The van der Waals surface area contributed by atoms with Crippen LogP contribution in [0.5, 0.6) is 0 Å². The third-order valence-corrected chi connectivity index (χ3v) is 7.28. The molecule has 1 saturated carbocycles. The molecular formula is C30H33N3O2. The summed E-state index contributed by atoms with van der Waals surface area (Å²) in [4.78, 5) is 28.6. The van der Waals surface area contributed by atoms with Crippen LogP contribution in [0.3, 0.4) is 0 Å². The van der Waals surface area contributed by atoms with E-state index in [9.17, 15) is 9.59 Å². The number of hydrogen-bond acceptors (Lipinski definition) is 3. The molecule has 5 rings (SSSR count). The number of benzene rings is 3. The number of piperidine rings is 1. The van der Waals surface area contributed by atoms with E-state index in [1.54, 1.807) is 0 Å². The fraction of sp³-hybridized carbons (Fsp3) is 0.333. The van der Waals surface area contributed by atoms with Gasteiger partial charge in [0.2, 0.25) is 5.91 Å². The number of amides is 2. The smallest absolute Gasteiger partial charge is 0.253 e. The van der Waals surface area contributed by atoms with Crippen molar-refractivity contribution in [1.29, 1.82) is 0 Å². The van der Waals surface area contributed by atoms with Crippen LogP contribution in [0.1, 0.15) is 53.6 Å². The van der Waals surface area contributed by atoms with Gasteiger partial charge in [-0.3, -0.25) is 9.59 Å². The summed E-state index contributed by atoms with van der Waals surface area (Å²) in [6, 6.07) is 25.9. The number of rotatable bonds is 7. The maximum absolute atomic E-state index is 13.3. The minimum Gasteiger partial charge on any atom is -0.371 e. The summed E-state index contributed by atoms with van der Waals surface area (Å²) < 4.78 is 0. The molecule has 2 amide bonds. The molecule has 2 fully saturated rings. The summed E-state index contributed by atoms with van der Waals surface area (Å²) in [6.07, 6.45) is 3.10. The molecule has 5 nitrogen and oxygen atoms in total. The Balaban J connectivity index is 1.32. The lowest BCUT2D eigenvalue weighted by molar-refractivity contribution is -0.117. The van der Waals surface area contributed by atoms with E-state index < -0.39 is 0 Å². The van der Waals surface area contributed by atoms with E-state index >= 15 is 0 Å². The Bertz CT molecular complexity index is 1170. The molecule has 0 radical (unpaired) electrons. The first kappa shape index (κ1) is 23.2. The Morgan fingerprint density at radius 2 is 1.60 bits per heavy atom. The van der Waals surface area contributed by atoms with E-state index in [4.69, 9.17) is 0 Å². The van der Waals surface area contributed by atoms with Crippen molar-refractivity contribution in [3.63, 3.8) is 0 Å². The quantitative estimate of drug-likeness (QED) is 0.476. The average molecular weight is 468 g/mol. The summed E-state index contributed by atoms with van der Waals surface area (Å²) >= 11 is 0. The summed E-state index contributed by atoms with van der Waals surface area (Å²) in [5.74, 6) is 0.868. The summed E-state index contributed by atoms with van der Waals surface area (Å²) in [5.41, 5.74) is 4.49. The molecule has 2 N–H and O–H groups in total. The van der Waals surface area contributed by atoms with Crippen LogP contribution in [-0.2, 0) is 11.3 Å². The minimum atomic E-state index is -0.118. The number of carbonyl (C=O) groups is 2. The zero-order valence-electron chi connectivity index (χ0n) is 20.2. The second-order valence-corrected chi connectivity index (χ2v) is 9.92.